The first-order chi connectivity index (χ1) is 7.17. The van der Waals surface area contributed by atoms with Gasteiger partial charge in [0.2, 0.25) is 0 Å². The van der Waals surface area contributed by atoms with Crippen molar-refractivity contribution in [2.24, 2.45) is 0 Å². The van der Waals surface area contributed by atoms with Crippen molar-refractivity contribution < 1.29 is 4.79 Å². The smallest absolute Gasteiger partial charge is 0.162 e. The Labute approximate surface area is 96.5 Å². The summed E-state index contributed by atoms with van der Waals surface area (Å²) in [6, 6.07) is 7.77. The van der Waals surface area contributed by atoms with Gasteiger partial charge in [0.25, 0.3) is 0 Å². The Bertz CT molecular complexity index is 316. The van der Waals surface area contributed by atoms with Crippen LogP contribution in [0.4, 0.5) is 0 Å². The summed E-state index contributed by atoms with van der Waals surface area (Å²) in [7, 11) is 0. The first-order valence-corrected chi connectivity index (χ1v) is 5.87. The molecule has 0 fully saturated rings. The highest BCUT2D eigenvalue weighted by molar-refractivity contribution is 6.20. The molecule has 0 spiro atoms. The highest BCUT2D eigenvalue weighted by atomic mass is 35.5. The molecule has 0 radical (unpaired) electrons. The van der Waals surface area contributed by atoms with Gasteiger partial charge in [-0.15, -0.1) is 11.6 Å². The second-order valence-corrected chi connectivity index (χ2v) is 4.30. The average Bonchev–Trinajstić information content (AvgIpc) is 2.29. The van der Waals surface area contributed by atoms with E-state index in [9.17, 15) is 4.79 Å². The summed E-state index contributed by atoms with van der Waals surface area (Å²) in [6.07, 6.45) is 2.41. The number of ketones is 1. The standard InChI is InChI=1S/C13H17ClO/c1-3-12(14)9-10-5-7-11(8-6-10)13(15)4-2/h5-8,12H,3-4,9H2,1-2H3. The van der Waals surface area contributed by atoms with E-state index < -0.39 is 0 Å². The average molecular weight is 225 g/mol. The number of Topliss-reactive ketones (excluding diaryl/α,β-unsaturated/α-hetero) is 1. The van der Waals surface area contributed by atoms with Crippen molar-refractivity contribution in [3.05, 3.63) is 35.4 Å². The van der Waals surface area contributed by atoms with Crippen LogP contribution in [0.3, 0.4) is 0 Å². The quantitative estimate of drug-likeness (QED) is 0.549. The molecule has 15 heavy (non-hydrogen) atoms. The second kappa shape index (κ2) is 5.92. The monoisotopic (exact) mass is 224 g/mol. The molecule has 0 N–H and O–H groups in total. The lowest BCUT2D eigenvalue weighted by Gasteiger charge is -2.06. The maximum Gasteiger partial charge on any atom is 0.162 e. The summed E-state index contributed by atoms with van der Waals surface area (Å²) in [5.41, 5.74) is 1.99. The minimum Gasteiger partial charge on any atom is -0.294 e. The fourth-order valence-corrected chi connectivity index (χ4v) is 1.61. The molecule has 0 aliphatic heterocycles. The lowest BCUT2D eigenvalue weighted by atomic mass is 10.0. The Hall–Kier alpha value is -0.820. The van der Waals surface area contributed by atoms with Crippen LogP contribution in [0.15, 0.2) is 24.3 Å². The van der Waals surface area contributed by atoms with E-state index in [-0.39, 0.29) is 11.2 Å². The van der Waals surface area contributed by atoms with E-state index in [0.29, 0.717) is 6.42 Å². The van der Waals surface area contributed by atoms with Crippen LogP contribution in [-0.4, -0.2) is 11.2 Å². The fraction of sp³-hybridized carbons (Fsp3) is 0.462. The van der Waals surface area contributed by atoms with Crippen molar-refractivity contribution in [2.75, 3.05) is 0 Å². The minimum atomic E-state index is 0.192. The van der Waals surface area contributed by atoms with Gasteiger partial charge in [-0.1, -0.05) is 38.1 Å². The molecule has 0 aromatic heterocycles. The summed E-state index contributed by atoms with van der Waals surface area (Å²) in [4.78, 5) is 11.4. The highest BCUT2D eigenvalue weighted by Crippen LogP contribution is 2.13. The zero-order valence-corrected chi connectivity index (χ0v) is 10.1. The van der Waals surface area contributed by atoms with Gasteiger partial charge in [0.05, 0.1) is 0 Å². The maximum atomic E-state index is 11.4. The minimum absolute atomic E-state index is 0.192. The van der Waals surface area contributed by atoms with Crippen molar-refractivity contribution in [1.82, 2.24) is 0 Å². The van der Waals surface area contributed by atoms with E-state index >= 15 is 0 Å². The van der Waals surface area contributed by atoms with Crippen LogP contribution in [0.1, 0.15) is 42.6 Å². The number of rotatable bonds is 5. The number of benzene rings is 1. The fourth-order valence-electron chi connectivity index (χ4n) is 1.43. The van der Waals surface area contributed by atoms with E-state index in [1.807, 2.05) is 31.2 Å². The predicted octanol–water partition coefficient (Wildman–Crippen LogP) is 3.84. The number of hydrogen-bond acceptors (Lipinski definition) is 1. The van der Waals surface area contributed by atoms with Crippen LogP contribution in [0.2, 0.25) is 0 Å². The molecule has 0 heterocycles. The van der Waals surface area contributed by atoms with Gasteiger partial charge in [0.15, 0.2) is 5.78 Å². The summed E-state index contributed by atoms with van der Waals surface area (Å²) in [5.74, 6) is 0.194. The van der Waals surface area contributed by atoms with Crippen LogP contribution in [0.5, 0.6) is 0 Å². The number of carbonyl (C=O) groups excluding carboxylic acids is 1. The van der Waals surface area contributed by atoms with Crippen molar-refractivity contribution in [2.45, 2.75) is 38.5 Å². The molecule has 0 saturated carbocycles. The largest absolute Gasteiger partial charge is 0.294 e. The molecule has 1 unspecified atom stereocenters. The molecule has 0 bridgehead atoms. The lowest BCUT2D eigenvalue weighted by Crippen LogP contribution is -2.02. The Balaban J connectivity index is 2.68. The maximum absolute atomic E-state index is 11.4. The summed E-state index contributed by atoms with van der Waals surface area (Å²) >= 11 is 6.06. The van der Waals surface area contributed by atoms with Crippen LogP contribution in [-0.2, 0) is 6.42 Å². The zero-order chi connectivity index (χ0) is 11.3. The number of hydrogen-bond donors (Lipinski definition) is 0. The summed E-state index contributed by atoms with van der Waals surface area (Å²) < 4.78 is 0. The van der Waals surface area contributed by atoms with Crippen molar-refractivity contribution in [3.63, 3.8) is 0 Å². The lowest BCUT2D eigenvalue weighted by molar-refractivity contribution is 0.0988. The Morgan fingerprint density at radius 3 is 2.33 bits per heavy atom. The molecular formula is C13H17ClO. The molecular weight excluding hydrogens is 208 g/mol. The summed E-state index contributed by atoms with van der Waals surface area (Å²) in [6.45, 7) is 3.95. The molecule has 1 rings (SSSR count). The van der Waals surface area contributed by atoms with Gasteiger partial charge >= 0.3 is 0 Å². The SMILES string of the molecule is CCC(=O)c1ccc(CC(Cl)CC)cc1. The normalized spacial score (nSPS) is 12.5. The van der Waals surface area contributed by atoms with E-state index in [1.54, 1.807) is 0 Å². The van der Waals surface area contributed by atoms with E-state index in [0.717, 1.165) is 18.4 Å². The third-order valence-corrected chi connectivity index (χ3v) is 2.96. The molecule has 1 aromatic carbocycles. The predicted molar refractivity (Wildman–Crippen MR) is 64.7 cm³/mol. The first-order valence-electron chi connectivity index (χ1n) is 5.43. The van der Waals surface area contributed by atoms with Gasteiger partial charge < -0.3 is 0 Å². The number of halogens is 1. The van der Waals surface area contributed by atoms with Crippen molar-refractivity contribution >= 4 is 17.4 Å². The van der Waals surface area contributed by atoms with Crippen LogP contribution >= 0.6 is 11.6 Å². The molecule has 0 aliphatic rings. The molecule has 0 aliphatic carbocycles. The number of alkyl halides is 1. The van der Waals surface area contributed by atoms with Crippen molar-refractivity contribution in [3.8, 4) is 0 Å². The molecule has 1 atom stereocenters. The highest BCUT2D eigenvalue weighted by Gasteiger charge is 2.05. The zero-order valence-electron chi connectivity index (χ0n) is 9.29. The Morgan fingerprint density at radius 2 is 1.87 bits per heavy atom. The third kappa shape index (κ3) is 3.67. The van der Waals surface area contributed by atoms with Gasteiger partial charge in [-0.25, -0.2) is 0 Å². The van der Waals surface area contributed by atoms with Crippen LogP contribution in [0, 0.1) is 0 Å². The Morgan fingerprint density at radius 1 is 1.27 bits per heavy atom. The van der Waals surface area contributed by atoms with Crippen LogP contribution < -0.4 is 0 Å². The molecule has 0 saturated heterocycles. The van der Waals surface area contributed by atoms with Gasteiger partial charge in [0, 0.05) is 17.4 Å². The Kier molecular flexibility index (Phi) is 4.83. The van der Waals surface area contributed by atoms with Crippen LogP contribution in [0.25, 0.3) is 0 Å². The van der Waals surface area contributed by atoms with E-state index in [2.05, 4.69) is 6.92 Å². The first kappa shape index (κ1) is 12.3. The van der Waals surface area contributed by atoms with Gasteiger partial charge in [-0.05, 0) is 18.4 Å². The molecule has 82 valence electrons. The van der Waals surface area contributed by atoms with Gasteiger partial charge in [0.1, 0.15) is 0 Å². The van der Waals surface area contributed by atoms with E-state index in [4.69, 9.17) is 11.6 Å². The van der Waals surface area contributed by atoms with Crippen molar-refractivity contribution in [1.29, 1.82) is 0 Å². The van der Waals surface area contributed by atoms with Gasteiger partial charge in [-0.2, -0.15) is 0 Å². The molecule has 2 heteroatoms. The second-order valence-electron chi connectivity index (χ2n) is 3.68. The topological polar surface area (TPSA) is 17.1 Å². The number of carbonyl (C=O) groups is 1. The molecule has 0 amide bonds. The third-order valence-electron chi connectivity index (χ3n) is 2.50. The van der Waals surface area contributed by atoms with E-state index in [1.165, 1.54) is 5.56 Å². The summed E-state index contributed by atoms with van der Waals surface area (Å²) in [5, 5.41) is 0.192. The molecule has 1 nitrogen and oxygen atoms in total. The van der Waals surface area contributed by atoms with Gasteiger partial charge in [-0.3, -0.25) is 4.79 Å². The molecule has 1 aromatic rings.